The molecule has 128 valence electrons. The largest absolute Gasteiger partial charge is 0.493 e. The van der Waals surface area contributed by atoms with Gasteiger partial charge in [0, 0.05) is 18.0 Å². The molecule has 3 aromatic rings. The number of ether oxygens (including phenoxy) is 2. The van der Waals surface area contributed by atoms with Gasteiger partial charge in [-0.25, -0.2) is 4.98 Å². The number of anilines is 1. The molecule has 0 amide bonds. The van der Waals surface area contributed by atoms with Gasteiger partial charge in [0.1, 0.15) is 6.61 Å². The van der Waals surface area contributed by atoms with Crippen LogP contribution in [0, 0.1) is 0 Å². The highest BCUT2D eigenvalue weighted by molar-refractivity contribution is 5.85. The fourth-order valence-corrected chi connectivity index (χ4v) is 2.31. The molecule has 1 heterocycles. The summed E-state index contributed by atoms with van der Waals surface area (Å²) in [4.78, 5) is 4.02. The van der Waals surface area contributed by atoms with Gasteiger partial charge in [0.25, 0.3) is 0 Å². The van der Waals surface area contributed by atoms with E-state index in [9.17, 15) is 0 Å². The Bertz CT molecular complexity index is 802. The molecule has 1 aromatic heterocycles. The molecule has 0 aliphatic rings. The molecule has 6 nitrogen and oxygen atoms in total. The van der Waals surface area contributed by atoms with E-state index in [0.29, 0.717) is 24.7 Å². The van der Waals surface area contributed by atoms with Crippen LogP contribution in [0.3, 0.4) is 0 Å². The van der Waals surface area contributed by atoms with Crippen LogP contribution in [0.5, 0.6) is 11.5 Å². The highest BCUT2D eigenvalue weighted by atomic mass is 16.5. The molecule has 3 rings (SSSR count). The fraction of sp³-hybridized carbons (Fsp3) is 0.158. The number of aromatic nitrogens is 2. The minimum Gasteiger partial charge on any atom is -0.493 e. The van der Waals surface area contributed by atoms with Crippen LogP contribution < -0.4 is 14.9 Å². The molecule has 2 aromatic carbocycles. The molecule has 0 aliphatic heterocycles. The number of imidazole rings is 1. The number of methoxy groups -OCH3 is 1. The zero-order chi connectivity index (χ0) is 17.3. The fourth-order valence-electron chi connectivity index (χ4n) is 2.31. The molecule has 0 atom stereocenters. The Morgan fingerprint density at radius 2 is 2.04 bits per heavy atom. The topological polar surface area (TPSA) is 60.7 Å². The van der Waals surface area contributed by atoms with Gasteiger partial charge in [0.15, 0.2) is 11.5 Å². The third-order valence-electron chi connectivity index (χ3n) is 3.56. The zero-order valence-electron chi connectivity index (χ0n) is 14.0. The minimum atomic E-state index is 0.504. The van der Waals surface area contributed by atoms with Crippen LogP contribution in [0.15, 0.2) is 72.4 Å². The van der Waals surface area contributed by atoms with Gasteiger partial charge >= 0.3 is 0 Å². The van der Waals surface area contributed by atoms with E-state index in [1.165, 1.54) is 0 Å². The van der Waals surface area contributed by atoms with E-state index in [1.54, 1.807) is 25.8 Å². The third kappa shape index (κ3) is 4.60. The van der Waals surface area contributed by atoms with Gasteiger partial charge in [-0.05, 0) is 24.3 Å². The normalized spacial score (nSPS) is 10.8. The maximum absolute atomic E-state index is 5.94. The average Bonchev–Trinajstić information content (AvgIpc) is 3.17. The van der Waals surface area contributed by atoms with Gasteiger partial charge in [0.05, 0.1) is 31.9 Å². The summed E-state index contributed by atoms with van der Waals surface area (Å²) in [6.07, 6.45) is 7.13. The van der Waals surface area contributed by atoms with Gasteiger partial charge in [-0.3, -0.25) is 5.43 Å². The summed E-state index contributed by atoms with van der Waals surface area (Å²) in [6.45, 7) is 1.21. The van der Waals surface area contributed by atoms with Crippen LogP contribution in [0.4, 0.5) is 5.69 Å². The summed E-state index contributed by atoms with van der Waals surface area (Å²) in [5.41, 5.74) is 4.76. The van der Waals surface area contributed by atoms with Crippen molar-refractivity contribution >= 4 is 11.9 Å². The maximum Gasteiger partial charge on any atom is 0.170 e. The van der Waals surface area contributed by atoms with E-state index < -0.39 is 0 Å². The second-order valence-corrected chi connectivity index (χ2v) is 5.26. The number of hydrogen-bond acceptors (Lipinski definition) is 5. The second-order valence-electron chi connectivity index (χ2n) is 5.26. The molecule has 6 heteroatoms. The van der Waals surface area contributed by atoms with E-state index >= 15 is 0 Å². The molecule has 0 spiro atoms. The molecule has 25 heavy (non-hydrogen) atoms. The van der Waals surface area contributed by atoms with Crippen LogP contribution in [0.1, 0.15) is 5.56 Å². The van der Waals surface area contributed by atoms with Crippen molar-refractivity contribution in [3.8, 4) is 11.5 Å². The van der Waals surface area contributed by atoms with Crippen LogP contribution in [-0.4, -0.2) is 29.5 Å². The monoisotopic (exact) mass is 336 g/mol. The summed E-state index contributed by atoms with van der Waals surface area (Å²) in [5, 5.41) is 4.28. The number of hydrogen-bond donors (Lipinski definition) is 1. The Morgan fingerprint density at radius 1 is 1.16 bits per heavy atom. The van der Waals surface area contributed by atoms with Crippen LogP contribution in [0.2, 0.25) is 0 Å². The Kier molecular flexibility index (Phi) is 5.66. The number of nitrogens with zero attached hydrogens (tertiary/aromatic N) is 3. The van der Waals surface area contributed by atoms with E-state index in [4.69, 9.17) is 9.47 Å². The maximum atomic E-state index is 5.94. The van der Waals surface area contributed by atoms with Crippen LogP contribution in [0.25, 0.3) is 0 Å². The Balaban J connectivity index is 1.69. The summed E-state index contributed by atoms with van der Waals surface area (Å²) >= 11 is 0. The third-order valence-corrected chi connectivity index (χ3v) is 3.56. The lowest BCUT2D eigenvalue weighted by atomic mass is 10.2. The molecule has 1 N–H and O–H groups in total. The summed E-state index contributed by atoms with van der Waals surface area (Å²) in [5.74, 6) is 1.35. The van der Waals surface area contributed by atoms with Crippen molar-refractivity contribution in [2.24, 2.45) is 5.10 Å². The lowest BCUT2D eigenvalue weighted by Gasteiger charge is -2.13. The first-order valence-electron chi connectivity index (χ1n) is 7.96. The predicted octanol–water partition coefficient (Wildman–Crippen LogP) is 3.42. The Hall–Kier alpha value is -3.28. The smallest absolute Gasteiger partial charge is 0.170 e. The van der Waals surface area contributed by atoms with Gasteiger partial charge in [-0.15, -0.1) is 0 Å². The van der Waals surface area contributed by atoms with Crippen molar-refractivity contribution < 1.29 is 9.47 Å². The van der Waals surface area contributed by atoms with Crippen molar-refractivity contribution in [3.63, 3.8) is 0 Å². The number of benzene rings is 2. The number of hydrazone groups is 1. The standard InChI is InChI=1S/C19H20N4O2/c1-24-18-9-5-6-16(14-21-22-17-7-3-2-4-8-17)19(18)25-13-12-23-11-10-20-15-23/h2-11,14-15,22H,12-13H2,1H3. The molecular formula is C19H20N4O2. The van der Waals surface area contributed by atoms with Crippen molar-refractivity contribution in [1.82, 2.24) is 9.55 Å². The van der Waals surface area contributed by atoms with Crippen molar-refractivity contribution in [2.45, 2.75) is 6.54 Å². The van der Waals surface area contributed by atoms with E-state index in [1.807, 2.05) is 59.3 Å². The highest BCUT2D eigenvalue weighted by Gasteiger charge is 2.09. The van der Waals surface area contributed by atoms with Crippen LogP contribution >= 0.6 is 0 Å². The van der Waals surface area contributed by atoms with Crippen molar-refractivity contribution in [2.75, 3.05) is 19.1 Å². The van der Waals surface area contributed by atoms with Crippen molar-refractivity contribution in [3.05, 3.63) is 72.8 Å². The SMILES string of the molecule is COc1cccc(C=NNc2ccccc2)c1OCCn1ccnc1. The molecule has 0 fully saturated rings. The molecule has 0 unspecified atom stereocenters. The van der Waals surface area contributed by atoms with Gasteiger partial charge in [0.2, 0.25) is 0 Å². The minimum absolute atomic E-state index is 0.504. The lowest BCUT2D eigenvalue weighted by Crippen LogP contribution is -2.08. The Labute approximate surface area is 146 Å². The first-order chi connectivity index (χ1) is 12.4. The number of rotatable bonds is 8. The van der Waals surface area contributed by atoms with Gasteiger partial charge in [-0.2, -0.15) is 5.10 Å². The van der Waals surface area contributed by atoms with E-state index in [0.717, 1.165) is 11.3 Å². The summed E-state index contributed by atoms with van der Waals surface area (Å²) < 4.78 is 13.3. The van der Waals surface area contributed by atoms with Crippen LogP contribution in [-0.2, 0) is 6.54 Å². The van der Waals surface area contributed by atoms with E-state index in [2.05, 4.69) is 15.5 Å². The first-order valence-corrected chi connectivity index (χ1v) is 7.96. The molecule has 0 saturated carbocycles. The van der Waals surface area contributed by atoms with Gasteiger partial charge < -0.3 is 14.0 Å². The predicted molar refractivity (Wildman–Crippen MR) is 98.4 cm³/mol. The number of nitrogens with one attached hydrogen (secondary N) is 1. The number of para-hydroxylation sites is 2. The quantitative estimate of drug-likeness (QED) is 0.506. The Morgan fingerprint density at radius 3 is 2.80 bits per heavy atom. The molecular weight excluding hydrogens is 316 g/mol. The summed E-state index contributed by atoms with van der Waals surface area (Å²) in [7, 11) is 1.63. The van der Waals surface area contributed by atoms with Crippen molar-refractivity contribution in [1.29, 1.82) is 0 Å². The average molecular weight is 336 g/mol. The van der Waals surface area contributed by atoms with E-state index in [-0.39, 0.29) is 0 Å². The van der Waals surface area contributed by atoms with Gasteiger partial charge in [-0.1, -0.05) is 24.3 Å². The summed E-state index contributed by atoms with van der Waals surface area (Å²) in [6, 6.07) is 15.5. The molecule has 0 bridgehead atoms. The lowest BCUT2D eigenvalue weighted by molar-refractivity contribution is 0.279. The molecule has 0 radical (unpaired) electrons. The zero-order valence-corrected chi connectivity index (χ0v) is 14.0. The molecule has 0 aliphatic carbocycles. The molecule has 0 saturated heterocycles. The second kappa shape index (κ2) is 8.54. The first kappa shape index (κ1) is 16.6. The highest BCUT2D eigenvalue weighted by Crippen LogP contribution is 2.30.